The van der Waals surface area contributed by atoms with Crippen LogP contribution in [0.2, 0.25) is 0 Å². The van der Waals surface area contributed by atoms with Crippen molar-refractivity contribution in [1.82, 2.24) is 15.1 Å². The van der Waals surface area contributed by atoms with Gasteiger partial charge in [-0.1, -0.05) is 13.0 Å². The second kappa shape index (κ2) is 6.18. The van der Waals surface area contributed by atoms with Crippen LogP contribution >= 0.6 is 0 Å². The van der Waals surface area contributed by atoms with Crippen LogP contribution in [-0.4, -0.2) is 16.3 Å². The van der Waals surface area contributed by atoms with Crippen molar-refractivity contribution >= 4 is 0 Å². The maximum absolute atomic E-state index is 14.1. The third-order valence-corrected chi connectivity index (χ3v) is 3.56. The number of rotatable bonds is 5. The highest BCUT2D eigenvalue weighted by atomic mass is 19.1. The van der Waals surface area contributed by atoms with Crippen LogP contribution in [-0.2, 0) is 6.54 Å². The Hall–Kier alpha value is -1.68. The highest BCUT2D eigenvalue weighted by Gasteiger charge is 2.14. The molecule has 0 amide bonds. The van der Waals surface area contributed by atoms with E-state index < -0.39 is 0 Å². The van der Waals surface area contributed by atoms with E-state index in [0.29, 0.717) is 5.56 Å². The van der Waals surface area contributed by atoms with E-state index in [4.69, 9.17) is 0 Å². The average molecular weight is 275 g/mol. The van der Waals surface area contributed by atoms with Crippen molar-refractivity contribution in [2.24, 2.45) is 0 Å². The lowest BCUT2D eigenvalue weighted by Crippen LogP contribution is -2.17. The SMILES string of the molecule is CCNC(C)c1ccc(F)c(-c2cn(CC)nc2C)c1. The number of benzene rings is 1. The van der Waals surface area contributed by atoms with Crippen molar-refractivity contribution in [2.75, 3.05) is 6.54 Å². The molecule has 1 aromatic heterocycles. The average Bonchev–Trinajstić information content (AvgIpc) is 2.81. The number of hydrogen-bond donors (Lipinski definition) is 1. The van der Waals surface area contributed by atoms with Crippen molar-refractivity contribution in [3.8, 4) is 11.1 Å². The summed E-state index contributed by atoms with van der Waals surface area (Å²) in [6, 6.07) is 5.51. The van der Waals surface area contributed by atoms with E-state index in [2.05, 4.69) is 24.3 Å². The third-order valence-electron chi connectivity index (χ3n) is 3.56. The number of halogens is 1. The molecule has 1 N–H and O–H groups in total. The lowest BCUT2D eigenvalue weighted by Gasteiger charge is -2.14. The zero-order valence-corrected chi connectivity index (χ0v) is 12.6. The summed E-state index contributed by atoms with van der Waals surface area (Å²) in [5.74, 6) is -0.198. The second-order valence-corrected chi connectivity index (χ2v) is 5.00. The number of hydrogen-bond acceptors (Lipinski definition) is 2. The summed E-state index contributed by atoms with van der Waals surface area (Å²) < 4.78 is 16.0. The van der Waals surface area contributed by atoms with Crippen LogP contribution < -0.4 is 5.32 Å². The van der Waals surface area contributed by atoms with Gasteiger partial charge in [0.2, 0.25) is 0 Å². The molecule has 0 bridgehead atoms. The summed E-state index contributed by atoms with van der Waals surface area (Å²) in [7, 11) is 0. The molecular weight excluding hydrogens is 253 g/mol. The van der Waals surface area contributed by atoms with Gasteiger partial charge in [-0.05, 0) is 45.0 Å². The summed E-state index contributed by atoms with van der Waals surface area (Å²) in [4.78, 5) is 0. The molecule has 2 rings (SSSR count). The van der Waals surface area contributed by atoms with Gasteiger partial charge >= 0.3 is 0 Å². The molecule has 20 heavy (non-hydrogen) atoms. The van der Waals surface area contributed by atoms with Gasteiger partial charge in [0.25, 0.3) is 0 Å². The standard InChI is InChI=1S/C16H22FN3/c1-5-18-11(3)13-7-8-16(17)14(9-13)15-10-20(6-2)19-12(15)4/h7-11,18H,5-6H2,1-4H3. The molecule has 1 atom stereocenters. The molecule has 1 aromatic carbocycles. The fraction of sp³-hybridized carbons (Fsp3) is 0.438. The van der Waals surface area contributed by atoms with E-state index in [1.54, 1.807) is 6.07 Å². The van der Waals surface area contributed by atoms with Gasteiger partial charge in [-0.3, -0.25) is 4.68 Å². The van der Waals surface area contributed by atoms with Gasteiger partial charge in [-0.15, -0.1) is 0 Å². The summed E-state index contributed by atoms with van der Waals surface area (Å²) in [6.45, 7) is 9.77. The van der Waals surface area contributed by atoms with Gasteiger partial charge in [0.05, 0.1) is 5.69 Å². The number of nitrogens with zero attached hydrogens (tertiary/aromatic N) is 2. The largest absolute Gasteiger partial charge is 0.310 e. The predicted molar refractivity (Wildman–Crippen MR) is 80.1 cm³/mol. The van der Waals surface area contributed by atoms with Gasteiger partial charge in [-0.25, -0.2) is 4.39 Å². The Morgan fingerprint density at radius 3 is 2.65 bits per heavy atom. The van der Waals surface area contributed by atoms with Crippen LogP contribution in [0, 0.1) is 12.7 Å². The minimum Gasteiger partial charge on any atom is -0.310 e. The minimum absolute atomic E-state index is 0.198. The Kier molecular flexibility index (Phi) is 4.55. The molecule has 0 saturated heterocycles. The molecule has 0 aliphatic heterocycles. The van der Waals surface area contributed by atoms with Gasteiger partial charge in [0.15, 0.2) is 0 Å². The zero-order chi connectivity index (χ0) is 14.7. The summed E-state index contributed by atoms with van der Waals surface area (Å²) in [5.41, 5.74) is 3.45. The van der Waals surface area contributed by atoms with Crippen LogP contribution in [0.4, 0.5) is 4.39 Å². The first-order valence-corrected chi connectivity index (χ1v) is 7.14. The molecule has 108 valence electrons. The smallest absolute Gasteiger partial charge is 0.131 e. The monoisotopic (exact) mass is 275 g/mol. The van der Waals surface area contributed by atoms with Crippen LogP contribution in [0.25, 0.3) is 11.1 Å². The van der Waals surface area contributed by atoms with Gasteiger partial charge in [-0.2, -0.15) is 5.10 Å². The summed E-state index contributed by atoms with van der Waals surface area (Å²) in [5, 5.41) is 7.74. The maximum atomic E-state index is 14.1. The second-order valence-electron chi connectivity index (χ2n) is 5.00. The van der Waals surface area contributed by atoms with E-state index in [1.807, 2.05) is 36.9 Å². The highest BCUT2D eigenvalue weighted by Crippen LogP contribution is 2.28. The molecule has 0 saturated carbocycles. The third kappa shape index (κ3) is 2.90. The summed E-state index contributed by atoms with van der Waals surface area (Å²) in [6.07, 6.45) is 1.91. The normalized spacial score (nSPS) is 12.7. The molecule has 1 heterocycles. The van der Waals surface area contributed by atoms with Gasteiger partial charge in [0, 0.05) is 29.9 Å². The van der Waals surface area contributed by atoms with E-state index in [9.17, 15) is 4.39 Å². The van der Waals surface area contributed by atoms with E-state index in [1.165, 1.54) is 0 Å². The maximum Gasteiger partial charge on any atom is 0.131 e. The Balaban J connectivity index is 2.44. The predicted octanol–water partition coefficient (Wildman–Crippen LogP) is 3.69. The first-order chi connectivity index (χ1) is 9.56. The molecule has 2 aromatic rings. The Morgan fingerprint density at radius 2 is 2.05 bits per heavy atom. The van der Waals surface area contributed by atoms with E-state index in [-0.39, 0.29) is 11.9 Å². The van der Waals surface area contributed by atoms with Gasteiger partial charge in [0.1, 0.15) is 5.82 Å². The van der Waals surface area contributed by atoms with Crippen LogP contribution in [0.5, 0.6) is 0 Å². The van der Waals surface area contributed by atoms with Crippen molar-refractivity contribution in [2.45, 2.75) is 40.3 Å². The highest BCUT2D eigenvalue weighted by molar-refractivity contribution is 5.66. The first-order valence-electron chi connectivity index (χ1n) is 7.14. The van der Waals surface area contributed by atoms with Crippen LogP contribution in [0.1, 0.15) is 38.1 Å². The number of nitrogens with one attached hydrogen (secondary N) is 1. The lowest BCUT2D eigenvalue weighted by atomic mass is 10.00. The van der Waals surface area contributed by atoms with Crippen molar-refractivity contribution < 1.29 is 4.39 Å². The van der Waals surface area contributed by atoms with Crippen LogP contribution in [0.3, 0.4) is 0 Å². The van der Waals surface area contributed by atoms with E-state index in [0.717, 1.165) is 29.9 Å². The molecule has 0 aliphatic rings. The molecule has 0 spiro atoms. The molecule has 0 fully saturated rings. The van der Waals surface area contributed by atoms with Crippen molar-refractivity contribution in [3.05, 3.63) is 41.5 Å². The molecule has 0 radical (unpaired) electrons. The van der Waals surface area contributed by atoms with E-state index >= 15 is 0 Å². The Labute approximate surface area is 119 Å². The molecule has 3 nitrogen and oxygen atoms in total. The topological polar surface area (TPSA) is 29.9 Å². The molecule has 0 aliphatic carbocycles. The summed E-state index contributed by atoms with van der Waals surface area (Å²) >= 11 is 0. The first kappa shape index (κ1) is 14.7. The van der Waals surface area contributed by atoms with Gasteiger partial charge < -0.3 is 5.32 Å². The van der Waals surface area contributed by atoms with Crippen LogP contribution in [0.15, 0.2) is 24.4 Å². The number of aryl methyl sites for hydroxylation is 2. The quantitative estimate of drug-likeness (QED) is 0.902. The minimum atomic E-state index is -0.198. The fourth-order valence-electron chi connectivity index (χ4n) is 2.39. The van der Waals surface area contributed by atoms with Crippen molar-refractivity contribution in [1.29, 1.82) is 0 Å². The number of aromatic nitrogens is 2. The fourth-order valence-corrected chi connectivity index (χ4v) is 2.39. The zero-order valence-electron chi connectivity index (χ0n) is 12.6. The Morgan fingerprint density at radius 1 is 1.30 bits per heavy atom. The molecule has 4 heteroatoms. The van der Waals surface area contributed by atoms with Crippen molar-refractivity contribution in [3.63, 3.8) is 0 Å². The molecule has 1 unspecified atom stereocenters. The lowest BCUT2D eigenvalue weighted by molar-refractivity contribution is 0.593. The Bertz CT molecular complexity index is 589. The molecular formula is C16H22FN3.